The highest BCUT2D eigenvalue weighted by Crippen LogP contribution is 2.16. The van der Waals surface area contributed by atoms with Crippen molar-refractivity contribution in [2.24, 2.45) is 0 Å². The Hall–Kier alpha value is -1.28. The van der Waals surface area contributed by atoms with E-state index in [4.69, 9.17) is 0 Å². The maximum absolute atomic E-state index is 3.44. The summed E-state index contributed by atoms with van der Waals surface area (Å²) in [4.78, 5) is 3.44. The fourth-order valence-corrected chi connectivity index (χ4v) is 1.73. The topological polar surface area (TPSA) is 15.8 Å². The minimum atomic E-state index is 0.951. The van der Waals surface area contributed by atoms with Crippen molar-refractivity contribution in [3.8, 4) is 0 Å². The van der Waals surface area contributed by atoms with Crippen LogP contribution >= 0.6 is 0 Å². The van der Waals surface area contributed by atoms with Crippen molar-refractivity contribution in [2.45, 2.75) is 6.54 Å². The van der Waals surface area contributed by atoms with Gasteiger partial charge in [0, 0.05) is 5.52 Å². The molecular weight excluding hydrogens is 172 g/mol. The van der Waals surface area contributed by atoms with Gasteiger partial charge in [0.15, 0.2) is 0 Å². The fourth-order valence-electron chi connectivity index (χ4n) is 1.73. The second-order valence-corrected chi connectivity index (χ2v) is 4.83. The van der Waals surface area contributed by atoms with Crippen LogP contribution in [0.25, 0.3) is 10.9 Å². The van der Waals surface area contributed by atoms with Gasteiger partial charge in [0.2, 0.25) is 0 Å². The first-order valence-electron chi connectivity index (χ1n) is 4.92. The molecule has 1 aromatic heterocycles. The van der Waals surface area contributed by atoms with E-state index in [1.54, 1.807) is 0 Å². The quantitative estimate of drug-likeness (QED) is 0.698. The number of aromatic nitrogens is 1. The minimum absolute atomic E-state index is 0.951. The predicted molar refractivity (Wildman–Crippen MR) is 60.0 cm³/mol. The number of nitrogens with zero attached hydrogens (tertiary/aromatic N) is 1. The zero-order valence-corrected chi connectivity index (χ0v) is 9.04. The van der Waals surface area contributed by atoms with E-state index in [1.165, 1.54) is 16.6 Å². The molecule has 74 valence electrons. The van der Waals surface area contributed by atoms with E-state index in [-0.39, 0.29) is 0 Å². The van der Waals surface area contributed by atoms with Gasteiger partial charge in [0.05, 0.1) is 26.8 Å². The first kappa shape index (κ1) is 9.28. The summed E-state index contributed by atoms with van der Waals surface area (Å²) in [5.74, 6) is 0. The highest BCUT2D eigenvalue weighted by atomic mass is 15.3. The summed E-state index contributed by atoms with van der Waals surface area (Å²) >= 11 is 0. The minimum Gasteiger partial charge on any atom is -0.354 e. The summed E-state index contributed by atoms with van der Waals surface area (Å²) in [6.07, 6.45) is 0. The first-order chi connectivity index (χ1) is 6.54. The molecular formula is C12H17N2+. The molecule has 0 radical (unpaired) electrons. The van der Waals surface area contributed by atoms with Gasteiger partial charge in [0.25, 0.3) is 0 Å². The highest BCUT2D eigenvalue weighted by molar-refractivity contribution is 5.80. The standard InChI is InChI=1S/C12H17N2/c1-14(2,3)9-11-8-10-6-4-5-7-12(10)13-11/h4-8,13H,9H2,1-3H3/q+1. The summed E-state index contributed by atoms with van der Waals surface area (Å²) in [6.45, 7) is 1.04. The number of hydrogen-bond acceptors (Lipinski definition) is 0. The largest absolute Gasteiger partial charge is 0.354 e. The third-order valence-corrected chi connectivity index (χ3v) is 2.23. The number of aromatic amines is 1. The van der Waals surface area contributed by atoms with Crippen molar-refractivity contribution in [3.63, 3.8) is 0 Å². The van der Waals surface area contributed by atoms with Crippen molar-refractivity contribution >= 4 is 10.9 Å². The van der Waals surface area contributed by atoms with E-state index in [2.05, 4.69) is 56.5 Å². The summed E-state index contributed by atoms with van der Waals surface area (Å²) < 4.78 is 0.951. The third kappa shape index (κ3) is 1.96. The Morgan fingerprint density at radius 3 is 2.50 bits per heavy atom. The molecule has 14 heavy (non-hydrogen) atoms. The number of quaternary nitrogens is 1. The summed E-state index contributed by atoms with van der Waals surface area (Å²) in [7, 11) is 6.60. The van der Waals surface area contributed by atoms with Gasteiger partial charge in [-0.2, -0.15) is 0 Å². The van der Waals surface area contributed by atoms with Crippen LogP contribution in [0.4, 0.5) is 0 Å². The third-order valence-electron chi connectivity index (χ3n) is 2.23. The van der Waals surface area contributed by atoms with Crippen LogP contribution in [0, 0.1) is 0 Å². The van der Waals surface area contributed by atoms with E-state index in [0.717, 1.165) is 11.0 Å². The molecule has 2 rings (SSSR count). The lowest BCUT2D eigenvalue weighted by molar-refractivity contribution is -0.884. The lowest BCUT2D eigenvalue weighted by Gasteiger charge is -2.22. The van der Waals surface area contributed by atoms with Gasteiger partial charge in [-0.1, -0.05) is 18.2 Å². The van der Waals surface area contributed by atoms with Gasteiger partial charge in [-0.3, -0.25) is 0 Å². The molecule has 0 unspecified atom stereocenters. The summed E-state index contributed by atoms with van der Waals surface area (Å²) in [6, 6.07) is 10.6. The van der Waals surface area contributed by atoms with Crippen LogP contribution in [0.5, 0.6) is 0 Å². The molecule has 0 fully saturated rings. The average Bonchev–Trinajstić information content (AvgIpc) is 2.42. The molecule has 0 saturated heterocycles. The van der Waals surface area contributed by atoms with Gasteiger partial charge >= 0.3 is 0 Å². The summed E-state index contributed by atoms with van der Waals surface area (Å²) in [5, 5.41) is 1.30. The Morgan fingerprint density at radius 2 is 1.86 bits per heavy atom. The monoisotopic (exact) mass is 189 g/mol. The second-order valence-electron chi connectivity index (χ2n) is 4.83. The van der Waals surface area contributed by atoms with Crippen LogP contribution < -0.4 is 0 Å². The highest BCUT2D eigenvalue weighted by Gasteiger charge is 2.10. The number of para-hydroxylation sites is 1. The van der Waals surface area contributed by atoms with E-state index in [0.29, 0.717) is 0 Å². The molecule has 2 nitrogen and oxygen atoms in total. The van der Waals surface area contributed by atoms with Gasteiger partial charge in [-0.05, 0) is 17.5 Å². The van der Waals surface area contributed by atoms with Gasteiger partial charge in [-0.15, -0.1) is 0 Å². The van der Waals surface area contributed by atoms with Gasteiger partial charge < -0.3 is 9.47 Å². The number of hydrogen-bond donors (Lipinski definition) is 1. The van der Waals surface area contributed by atoms with Crippen LogP contribution in [-0.4, -0.2) is 30.6 Å². The van der Waals surface area contributed by atoms with Crippen LogP contribution in [0.1, 0.15) is 5.69 Å². The van der Waals surface area contributed by atoms with Crippen LogP contribution in [0.2, 0.25) is 0 Å². The molecule has 0 aliphatic heterocycles. The number of H-pyrrole nitrogens is 1. The van der Waals surface area contributed by atoms with E-state index in [1.807, 2.05) is 0 Å². The van der Waals surface area contributed by atoms with Gasteiger partial charge in [0.1, 0.15) is 6.54 Å². The molecule has 1 N–H and O–H groups in total. The molecule has 0 aliphatic rings. The molecule has 0 amide bonds. The zero-order chi connectivity index (χ0) is 10.2. The number of nitrogens with one attached hydrogen (secondary N) is 1. The molecule has 1 aromatic carbocycles. The smallest absolute Gasteiger partial charge is 0.119 e. The second kappa shape index (κ2) is 3.14. The van der Waals surface area contributed by atoms with Crippen LogP contribution in [0.15, 0.2) is 30.3 Å². The van der Waals surface area contributed by atoms with E-state index < -0.39 is 0 Å². The number of fused-ring (bicyclic) bond motifs is 1. The SMILES string of the molecule is C[N+](C)(C)Cc1cc2ccccc2[nH]1. The van der Waals surface area contributed by atoms with Crippen molar-refractivity contribution in [2.75, 3.05) is 21.1 Å². The average molecular weight is 189 g/mol. The Kier molecular flexibility index (Phi) is 2.08. The van der Waals surface area contributed by atoms with Crippen molar-refractivity contribution in [1.29, 1.82) is 0 Å². The van der Waals surface area contributed by atoms with Crippen molar-refractivity contribution < 1.29 is 4.48 Å². The zero-order valence-electron chi connectivity index (χ0n) is 9.04. The number of rotatable bonds is 2. The lowest BCUT2D eigenvalue weighted by Crippen LogP contribution is -2.33. The maximum atomic E-state index is 3.44. The van der Waals surface area contributed by atoms with E-state index in [9.17, 15) is 0 Å². The molecule has 0 aliphatic carbocycles. The molecule has 0 atom stereocenters. The molecule has 0 spiro atoms. The van der Waals surface area contributed by atoms with Crippen molar-refractivity contribution in [1.82, 2.24) is 4.98 Å². The summed E-state index contributed by atoms with van der Waals surface area (Å²) in [5.41, 5.74) is 2.54. The molecule has 2 aromatic rings. The fraction of sp³-hybridized carbons (Fsp3) is 0.333. The van der Waals surface area contributed by atoms with Crippen LogP contribution in [-0.2, 0) is 6.54 Å². The molecule has 0 saturated carbocycles. The maximum Gasteiger partial charge on any atom is 0.119 e. The Bertz CT molecular complexity index is 402. The number of benzene rings is 1. The Morgan fingerprint density at radius 1 is 1.14 bits per heavy atom. The Balaban J connectivity index is 2.36. The Labute approximate surface area is 84.8 Å². The van der Waals surface area contributed by atoms with Gasteiger partial charge in [-0.25, -0.2) is 0 Å². The predicted octanol–water partition coefficient (Wildman–Crippen LogP) is 2.37. The first-order valence-corrected chi connectivity index (χ1v) is 4.92. The van der Waals surface area contributed by atoms with Crippen LogP contribution in [0.3, 0.4) is 0 Å². The molecule has 0 bridgehead atoms. The molecule has 2 heteroatoms. The van der Waals surface area contributed by atoms with Crippen molar-refractivity contribution in [3.05, 3.63) is 36.0 Å². The van der Waals surface area contributed by atoms with E-state index >= 15 is 0 Å². The molecule has 1 heterocycles. The lowest BCUT2D eigenvalue weighted by atomic mass is 10.2. The normalized spacial score (nSPS) is 12.2.